The van der Waals surface area contributed by atoms with Crippen LogP contribution < -0.4 is 5.73 Å². The minimum atomic E-state index is 0.269. The highest BCUT2D eigenvalue weighted by Crippen LogP contribution is 2.64. The molecule has 0 amide bonds. The van der Waals surface area contributed by atoms with Crippen LogP contribution in [0.15, 0.2) is 24.3 Å². The average Bonchev–Trinajstić information content (AvgIpc) is 3.61. The van der Waals surface area contributed by atoms with Gasteiger partial charge >= 0.3 is 0 Å². The van der Waals surface area contributed by atoms with Gasteiger partial charge in [-0.3, -0.25) is 0 Å². The first-order valence-corrected chi connectivity index (χ1v) is 16.3. The summed E-state index contributed by atoms with van der Waals surface area (Å²) in [6.45, 7) is 28.5. The van der Waals surface area contributed by atoms with Crippen LogP contribution in [0.3, 0.4) is 0 Å². The van der Waals surface area contributed by atoms with Crippen LogP contribution in [0.2, 0.25) is 0 Å². The SMILES string of the molecule is CC.CC.CCC/C=C(/c1ccc2c(c1)C(C)(C)CCC2(C)C)C1CC1(C)C1CCCN(C[C@@H](N)CC)C1. The molecule has 1 aromatic rings. The van der Waals surface area contributed by atoms with E-state index < -0.39 is 0 Å². The molecule has 3 aliphatic rings. The zero-order valence-corrected chi connectivity index (χ0v) is 27.3. The minimum absolute atomic E-state index is 0.269. The Balaban J connectivity index is 0.00000121. The number of hydrogen-bond acceptors (Lipinski definition) is 2. The first-order chi connectivity index (χ1) is 18.0. The lowest BCUT2D eigenvalue weighted by molar-refractivity contribution is 0.120. The van der Waals surface area contributed by atoms with E-state index >= 15 is 0 Å². The van der Waals surface area contributed by atoms with Crippen molar-refractivity contribution >= 4 is 5.57 Å². The van der Waals surface area contributed by atoms with E-state index in [1.54, 1.807) is 16.7 Å². The number of piperidine rings is 1. The van der Waals surface area contributed by atoms with Gasteiger partial charge in [0.2, 0.25) is 0 Å². The van der Waals surface area contributed by atoms with Crippen molar-refractivity contribution in [1.82, 2.24) is 4.90 Å². The number of allylic oxidation sites excluding steroid dienone is 2. The van der Waals surface area contributed by atoms with Gasteiger partial charge in [-0.25, -0.2) is 0 Å². The van der Waals surface area contributed by atoms with E-state index in [2.05, 4.69) is 77.6 Å². The van der Waals surface area contributed by atoms with E-state index in [-0.39, 0.29) is 10.8 Å². The van der Waals surface area contributed by atoms with Crippen LogP contribution in [-0.4, -0.2) is 30.6 Å². The Kier molecular flexibility index (Phi) is 12.2. The molecule has 1 heterocycles. The number of likely N-dealkylation sites (tertiary alicyclic amines) is 1. The summed E-state index contributed by atoms with van der Waals surface area (Å²) >= 11 is 0. The number of fused-ring (bicyclic) bond motifs is 1. The maximum atomic E-state index is 6.33. The molecule has 218 valence electrons. The van der Waals surface area contributed by atoms with Gasteiger partial charge in [-0.15, -0.1) is 0 Å². The van der Waals surface area contributed by atoms with Crippen LogP contribution in [0.1, 0.15) is 144 Å². The van der Waals surface area contributed by atoms with Gasteiger partial charge in [0.1, 0.15) is 0 Å². The highest BCUT2D eigenvalue weighted by atomic mass is 15.1. The largest absolute Gasteiger partial charge is 0.327 e. The van der Waals surface area contributed by atoms with E-state index in [9.17, 15) is 0 Å². The molecular weight excluding hydrogens is 460 g/mol. The Morgan fingerprint density at radius 3 is 2.24 bits per heavy atom. The normalized spacial score (nSPS) is 28.7. The van der Waals surface area contributed by atoms with Gasteiger partial charge in [-0.05, 0) is 102 Å². The number of nitrogens with zero attached hydrogens (tertiary/aromatic N) is 1. The standard InChI is InChI=1S/C32H52N2.2C2H6/c1-8-10-13-26(23-14-15-27-28(19-23)31(5,6)17-16-30(27,3)4)29-20-32(29,7)24-12-11-18-34(21-24)22-25(33)9-2;2*1-2/h13-15,19,24-25,29H,8-12,16-18,20-22,33H2,1-7H3;2*1-2H3/b26-13-;;/t24?,25-,29?,32?;;/m0../s1. The fourth-order valence-corrected chi connectivity index (χ4v) is 7.05. The van der Waals surface area contributed by atoms with Crippen molar-refractivity contribution < 1.29 is 0 Å². The summed E-state index contributed by atoms with van der Waals surface area (Å²) in [5.41, 5.74) is 13.7. The van der Waals surface area contributed by atoms with Crippen LogP contribution in [0.5, 0.6) is 0 Å². The first-order valence-electron chi connectivity index (χ1n) is 16.3. The molecule has 1 saturated heterocycles. The maximum absolute atomic E-state index is 6.33. The number of benzene rings is 1. The number of rotatable bonds is 8. The Hall–Kier alpha value is -1.12. The molecule has 2 nitrogen and oxygen atoms in total. The van der Waals surface area contributed by atoms with Crippen LogP contribution in [-0.2, 0) is 10.8 Å². The van der Waals surface area contributed by atoms with E-state index in [4.69, 9.17) is 5.73 Å². The molecule has 0 bridgehead atoms. The summed E-state index contributed by atoms with van der Waals surface area (Å²) in [4.78, 5) is 2.67. The van der Waals surface area contributed by atoms with Crippen molar-refractivity contribution in [3.63, 3.8) is 0 Å². The fraction of sp³-hybridized carbons (Fsp3) is 0.778. The highest BCUT2D eigenvalue weighted by molar-refractivity contribution is 5.72. The molecule has 0 radical (unpaired) electrons. The lowest BCUT2D eigenvalue weighted by atomic mass is 9.62. The van der Waals surface area contributed by atoms with E-state index in [0.29, 0.717) is 17.4 Å². The molecule has 1 aromatic carbocycles. The smallest absolute Gasteiger partial charge is 0.0165 e. The summed E-state index contributed by atoms with van der Waals surface area (Å²) in [7, 11) is 0. The molecule has 1 aliphatic heterocycles. The van der Waals surface area contributed by atoms with E-state index in [0.717, 1.165) is 18.9 Å². The monoisotopic (exact) mass is 525 g/mol. The van der Waals surface area contributed by atoms with Gasteiger partial charge < -0.3 is 10.6 Å². The van der Waals surface area contributed by atoms with Crippen LogP contribution in [0, 0.1) is 17.3 Å². The van der Waals surface area contributed by atoms with Gasteiger partial charge in [0.05, 0.1) is 0 Å². The second kappa shape index (κ2) is 14.0. The summed E-state index contributed by atoms with van der Waals surface area (Å²) in [5, 5.41) is 0. The van der Waals surface area contributed by atoms with Gasteiger partial charge in [0.15, 0.2) is 0 Å². The minimum Gasteiger partial charge on any atom is -0.327 e. The van der Waals surface area contributed by atoms with Crippen LogP contribution in [0.4, 0.5) is 0 Å². The third-order valence-corrected chi connectivity index (χ3v) is 9.95. The number of unbranched alkanes of at least 4 members (excludes halogenated alkanes) is 1. The molecule has 2 N–H and O–H groups in total. The van der Waals surface area contributed by atoms with Crippen molar-refractivity contribution in [1.29, 1.82) is 0 Å². The average molecular weight is 525 g/mol. The molecule has 2 aliphatic carbocycles. The van der Waals surface area contributed by atoms with Crippen molar-refractivity contribution in [2.75, 3.05) is 19.6 Å². The number of nitrogens with two attached hydrogens (primary N) is 1. The van der Waals surface area contributed by atoms with Gasteiger partial charge in [-0.1, -0.05) is 107 Å². The molecule has 4 atom stereocenters. The lowest BCUT2D eigenvalue weighted by Crippen LogP contribution is -2.44. The van der Waals surface area contributed by atoms with Crippen LogP contribution in [0.25, 0.3) is 5.57 Å². The van der Waals surface area contributed by atoms with Gasteiger partial charge in [0.25, 0.3) is 0 Å². The van der Waals surface area contributed by atoms with Crippen molar-refractivity contribution in [2.45, 2.75) is 144 Å². The maximum Gasteiger partial charge on any atom is 0.0165 e. The van der Waals surface area contributed by atoms with E-state index in [1.807, 2.05) is 27.7 Å². The Labute approximate surface area is 238 Å². The fourth-order valence-electron chi connectivity index (χ4n) is 7.05. The second-order valence-corrected chi connectivity index (χ2v) is 13.5. The summed E-state index contributed by atoms with van der Waals surface area (Å²) in [5.74, 6) is 1.51. The third-order valence-electron chi connectivity index (χ3n) is 9.95. The highest BCUT2D eigenvalue weighted by Gasteiger charge is 2.56. The Morgan fingerprint density at radius 1 is 1.00 bits per heavy atom. The van der Waals surface area contributed by atoms with Gasteiger partial charge in [0, 0.05) is 19.1 Å². The first kappa shape index (κ1) is 33.1. The Morgan fingerprint density at radius 2 is 1.63 bits per heavy atom. The predicted octanol–water partition coefficient (Wildman–Crippen LogP) is 9.75. The quantitative estimate of drug-likeness (QED) is 0.366. The van der Waals surface area contributed by atoms with Crippen molar-refractivity contribution in [2.24, 2.45) is 23.0 Å². The molecule has 2 fully saturated rings. The molecule has 38 heavy (non-hydrogen) atoms. The molecule has 3 unspecified atom stereocenters. The van der Waals surface area contributed by atoms with Gasteiger partial charge in [-0.2, -0.15) is 0 Å². The summed E-state index contributed by atoms with van der Waals surface area (Å²) in [6, 6.07) is 7.88. The zero-order valence-electron chi connectivity index (χ0n) is 27.3. The molecule has 1 saturated carbocycles. The van der Waals surface area contributed by atoms with Crippen molar-refractivity contribution in [3.8, 4) is 0 Å². The molecule has 2 heteroatoms. The molecule has 4 rings (SSSR count). The third kappa shape index (κ3) is 7.34. The van der Waals surface area contributed by atoms with Crippen LogP contribution >= 0.6 is 0 Å². The molecule has 0 spiro atoms. The molecular formula is C36H64N2. The second-order valence-electron chi connectivity index (χ2n) is 13.5. The number of hydrogen-bond donors (Lipinski definition) is 1. The lowest BCUT2D eigenvalue weighted by Gasteiger charge is -2.42. The van der Waals surface area contributed by atoms with E-state index in [1.165, 1.54) is 63.6 Å². The Bertz CT molecular complexity index is 895. The summed E-state index contributed by atoms with van der Waals surface area (Å²) in [6.07, 6.45) is 12.7. The summed E-state index contributed by atoms with van der Waals surface area (Å²) < 4.78 is 0. The van der Waals surface area contributed by atoms with Crippen molar-refractivity contribution in [3.05, 3.63) is 41.0 Å². The molecule has 0 aromatic heterocycles. The predicted molar refractivity (Wildman–Crippen MR) is 171 cm³/mol. The zero-order chi connectivity index (χ0) is 28.7. The topological polar surface area (TPSA) is 29.3 Å².